The van der Waals surface area contributed by atoms with Crippen LogP contribution in [0.4, 0.5) is 22.7 Å². The van der Waals surface area contributed by atoms with Gasteiger partial charge in [-0.3, -0.25) is 0 Å². The van der Waals surface area contributed by atoms with Crippen LogP contribution in [-0.2, 0) is 0 Å². The number of anilines is 4. The fraction of sp³-hybridized carbons (Fsp3) is 0.316. The van der Waals surface area contributed by atoms with Crippen molar-refractivity contribution in [2.75, 3.05) is 19.6 Å². The molecule has 4 heteroatoms. The monoisotopic (exact) mass is 1040 g/mol. The normalized spacial score (nSPS) is 13.2. The van der Waals surface area contributed by atoms with Crippen molar-refractivity contribution >= 4 is 22.7 Å². The molecule has 4 nitrogen and oxygen atoms in total. The number of hydrogen-bond donors (Lipinski definition) is 0. The maximum atomic E-state index is 3.30. The molecule has 0 bridgehead atoms. The highest BCUT2D eigenvalue weighted by atomic mass is 15.2. The number of allylic oxidation sites excluding steroid dienone is 4. The molecule has 0 N–H and O–H groups in total. The highest BCUT2D eigenvalue weighted by Crippen LogP contribution is 2.24. The molecule has 1 aliphatic rings. The molecule has 0 fully saturated rings. The maximum absolute atomic E-state index is 3.30. The van der Waals surface area contributed by atoms with Crippen LogP contribution in [0.25, 0.3) is 0 Å². The van der Waals surface area contributed by atoms with Crippen LogP contribution in [0, 0.1) is 142 Å². The lowest BCUT2D eigenvalue weighted by molar-refractivity contribution is 0.608. The molecule has 0 unspecified atom stereocenters. The Morgan fingerprint density at radius 2 is 0.362 bits per heavy atom. The lowest BCUT2D eigenvalue weighted by Crippen LogP contribution is -2.36. The topological polar surface area (TPSA) is 13.0 Å². The molecule has 80 heavy (non-hydrogen) atoms. The zero-order valence-electron chi connectivity index (χ0n) is 49.6. The van der Waals surface area contributed by atoms with Crippen molar-refractivity contribution in [3.63, 3.8) is 0 Å². The molecular formula is C76H72N4. The summed E-state index contributed by atoms with van der Waals surface area (Å²) >= 11 is 0. The molecule has 0 aromatic heterocycles. The average Bonchev–Trinajstić information content (AvgIpc) is 3.42. The average molecular weight is 1040 g/mol. The Balaban J connectivity index is 1.67. The molecule has 4 aromatic carbocycles. The van der Waals surface area contributed by atoms with Gasteiger partial charge in [-0.15, -0.1) is 0 Å². The molecule has 396 valence electrons. The van der Waals surface area contributed by atoms with E-state index < -0.39 is 0 Å². The van der Waals surface area contributed by atoms with E-state index in [1.807, 2.05) is 48.5 Å². The van der Waals surface area contributed by atoms with Crippen LogP contribution in [0.3, 0.4) is 0 Å². The molecule has 0 spiro atoms. The molecule has 0 aliphatic heterocycles. The van der Waals surface area contributed by atoms with Gasteiger partial charge in [-0.05, 0) is 303 Å². The molecule has 0 radical (unpaired) electrons. The Labute approximate surface area is 482 Å². The molecule has 0 heterocycles. The first-order valence-corrected chi connectivity index (χ1v) is 27.5. The number of hydrogen-bond acceptors (Lipinski definition) is 4. The van der Waals surface area contributed by atoms with Crippen LogP contribution < -0.4 is 19.6 Å². The highest BCUT2D eigenvalue weighted by Gasteiger charge is 2.17. The van der Waals surface area contributed by atoms with Crippen molar-refractivity contribution in [1.82, 2.24) is 0 Å². The molecule has 0 saturated heterocycles. The van der Waals surface area contributed by atoms with Crippen LogP contribution in [0.2, 0.25) is 0 Å². The van der Waals surface area contributed by atoms with Crippen molar-refractivity contribution in [1.29, 1.82) is 0 Å². The second-order valence-electron chi connectivity index (χ2n) is 21.1. The summed E-state index contributed by atoms with van der Waals surface area (Å²) in [6, 6.07) is 35.5. The summed E-state index contributed by atoms with van der Waals surface area (Å²) in [4.78, 5) is 9.46. The van der Waals surface area contributed by atoms with Crippen molar-refractivity contribution in [2.24, 2.45) is 0 Å². The van der Waals surface area contributed by atoms with Gasteiger partial charge < -0.3 is 19.6 Å². The fourth-order valence-corrected chi connectivity index (χ4v) is 9.43. The summed E-state index contributed by atoms with van der Waals surface area (Å²) in [5.74, 6) is 73.3. The fourth-order valence-electron chi connectivity index (χ4n) is 9.43. The largest absolute Gasteiger partial charge is 0.367 e. The van der Waals surface area contributed by atoms with Gasteiger partial charge in [-0.25, -0.2) is 0 Å². The lowest BCUT2D eigenvalue weighted by Gasteiger charge is -2.33. The Hall–Kier alpha value is -9.72. The van der Waals surface area contributed by atoms with E-state index in [2.05, 4.69) is 321 Å². The van der Waals surface area contributed by atoms with E-state index in [-0.39, 0.29) is 0 Å². The molecular weight excluding hydrogens is 969 g/mol. The summed E-state index contributed by atoms with van der Waals surface area (Å²) in [6.45, 7) is 35.1. The molecule has 0 amide bonds. The number of nitrogens with zero attached hydrogens (tertiary/aromatic N) is 4. The van der Waals surface area contributed by atoms with Crippen LogP contribution in [-0.4, -0.2) is 48.3 Å². The van der Waals surface area contributed by atoms with Crippen LogP contribution in [0.5, 0.6) is 0 Å². The van der Waals surface area contributed by atoms with E-state index in [4.69, 9.17) is 0 Å². The standard InChI is InChI=1S/C76H72N4/c1-57(2)77(58(3)4)73-49-37-65(38-50-73)33-45-69-29-25-21-17-18-23-27-31-71(47-35-67-41-53-75(54-42-67)79(61(9)10)62(11)12)72(48-36-68-43-55-76(56-44-68)80(63(13)14)64(15)16)32-28-24-20-19-22-26-30-70(69)46-34-66-39-51-74(52-40-66)78(59(5)6)60(7)8/h37-44,49-64H,1-16H3/b70-69-,72-71-. The van der Waals surface area contributed by atoms with E-state index in [1.54, 1.807) is 0 Å². The Morgan fingerprint density at radius 3 is 0.512 bits per heavy atom. The van der Waals surface area contributed by atoms with Crippen molar-refractivity contribution < 1.29 is 0 Å². The summed E-state index contributed by atoms with van der Waals surface area (Å²) in [6.07, 6.45) is 0. The molecule has 5 rings (SSSR count). The second kappa shape index (κ2) is 30.9. The van der Waals surface area contributed by atoms with Crippen molar-refractivity contribution in [3.8, 4) is 142 Å². The lowest BCUT2D eigenvalue weighted by atomic mass is 10.1. The van der Waals surface area contributed by atoms with Gasteiger partial charge >= 0.3 is 0 Å². The minimum absolute atomic E-state index is 0.335. The third-order valence-electron chi connectivity index (χ3n) is 12.3. The second-order valence-corrected chi connectivity index (χ2v) is 21.1. The SMILES string of the molecule is CC(C)N(c1ccc(C#C/C2=C(\C#Cc3ccc(N(C(C)C)C(C)C)cc3)C#CC#CC#CC#C/C(C#Cc3ccc(N(C(C)C)C(C)C)cc3)=C(/C#Cc3ccc(N(C(C)C)C(C)C)cc3)C#CC#CC#CC#C2)cc1)C(C)C. The van der Waals surface area contributed by atoms with Gasteiger partial charge in [-0.1, -0.05) is 47.4 Å². The van der Waals surface area contributed by atoms with E-state index in [1.165, 1.54) is 0 Å². The Kier molecular flexibility index (Phi) is 23.6. The minimum atomic E-state index is 0.335. The van der Waals surface area contributed by atoms with Gasteiger partial charge in [0.25, 0.3) is 0 Å². The zero-order valence-corrected chi connectivity index (χ0v) is 49.6. The molecule has 1 aliphatic carbocycles. The van der Waals surface area contributed by atoms with Crippen LogP contribution in [0.1, 0.15) is 133 Å². The third kappa shape index (κ3) is 18.8. The smallest absolute Gasteiger partial charge is 0.0999 e. The minimum Gasteiger partial charge on any atom is -0.367 e. The van der Waals surface area contributed by atoms with Crippen LogP contribution in [0.15, 0.2) is 119 Å². The Bertz CT molecular complexity index is 3190. The van der Waals surface area contributed by atoms with Gasteiger partial charge in [0.15, 0.2) is 0 Å². The van der Waals surface area contributed by atoms with E-state index in [0.717, 1.165) is 45.0 Å². The van der Waals surface area contributed by atoms with Gasteiger partial charge in [0, 0.05) is 93.3 Å². The maximum Gasteiger partial charge on any atom is 0.0999 e. The van der Waals surface area contributed by atoms with E-state index in [9.17, 15) is 0 Å². The van der Waals surface area contributed by atoms with E-state index in [0.29, 0.717) is 70.6 Å². The molecule has 0 saturated carbocycles. The summed E-state index contributed by atoms with van der Waals surface area (Å²) in [5.41, 5.74) is 9.26. The molecule has 4 aromatic rings. The van der Waals surface area contributed by atoms with E-state index >= 15 is 0 Å². The first kappa shape index (κ1) is 61.1. The Morgan fingerprint density at radius 1 is 0.212 bits per heavy atom. The number of benzene rings is 4. The van der Waals surface area contributed by atoms with Gasteiger partial charge in [-0.2, -0.15) is 0 Å². The third-order valence-corrected chi connectivity index (χ3v) is 12.3. The predicted octanol–water partition coefficient (Wildman–Crippen LogP) is 13.3. The summed E-state index contributed by atoms with van der Waals surface area (Å²) < 4.78 is 0. The van der Waals surface area contributed by atoms with Crippen molar-refractivity contribution in [2.45, 2.75) is 159 Å². The predicted molar refractivity (Wildman–Crippen MR) is 341 cm³/mol. The quantitative estimate of drug-likeness (QED) is 0.131. The first-order chi connectivity index (χ1) is 38.3. The number of rotatable bonds is 12. The van der Waals surface area contributed by atoms with Crippen LogP contribution >= 0.6 is 0 Å². The van der Waals surface area contributed by atoms with Gasteiger partial charge in [0.05, 0.1) is 22.3 Å². The zero-order chi connectivity index (χ0) is 58.1. The van der Waals surface area contributed by atoms with Gasteiger partial charge in [0.1, 0.15) is 0 Å². The highest BCUT2D eigenvalue weighted by molar-refractivity contribution is 5.68. The first-order valence-electron chi connectivity index (χ1n) is 27.5. The summed E-state index contributed by atoms with van der Waals surface area (Å²) in [5, 5.41) is 0. The molecule has 0 atom stereocenters. The summed E-state index contributed by atoms with van der Waals surface area (Å²) in [7, 11) is 0. The van der Waals surface area contributed by atoms with Gasteiger partial charge in [0.2, 0.25) is 0 Å². The van der Waals surface area contributed by atoms with Crippen molar-refractivity contribution in [3.05, 3.63) is 142 Å².